The molecule has 0 aliphatic carbocycles. The van der Waals surface area contributed by atoms with Gasteiger partial charge in [-0.15, -0.1) is 10.2 Å². The van der Waals surface area contributed by atoms with Crippen LogP contribution in [0.25, 0.3) is 0 Å². The number of pyridine rings is 1. The number of ether oxygens (including phenoxy) is 2. The zero-order valence-corrected chi connectivity index (χ0v) is 18.9. The summed E-state index contributed by atoms with van der Waals surface area (Å²) in [6, 6.07) is 3.18. The molecular weight excluding hydrogens is 414 g/mol. The number of piperidine rings is 1. The third-order valence-electron chi connectivity index (χ3n) is 5.97. The van der Waals surface area contributed by atoms with E-state index in [9.17, 15) is 9.59 Å². The Balaban J connectivity index is 1.55. The Morgan fingerprint density at radius 3 is 2.59 bits per heavy atom. The van der Waals surface area contributed by atoms with Crippen LogP contribution >= 0.6 is 0 Å². The minimum Gasteiger partial charge on any atom is -0.481 e. The first-order valence-electron chi connectivity index (χ1n) is 10.7. The Hall–Kier alpha value is -3.37. The first-order chi connectivity index (χ1) is 15.4. The molecule has 0 bridgehead atoms. The SMILES string of the molecule is COc1ccc(C(=O)N2CCn3c(nnc3C3CCCCN3C(=O)N(C)C)C2)c(OC)n1. The molecule has 1 saturated heterocycles. The maximum absolute atomic E-state index is 13.2. The van der Waals surface area contributed by atoms with Gasteiger partial charge in [0.15, 0.2) is 11.6 Å². The molecule has 2 aromatic rings. The standard InChI is InChI=1S/C21H29N7O4/c1-25(2)21(30)27-10-6-5-7-15(27)18-24-23-16-13-26(11-12-28(16)18)20(29)14-8-9-17(31-3)22-19(14)32-4/h8-9,15H,5-7,10-13H2,1-4H3. The van der Waals surface area contributed by atoms with Gasteiger partial charge >= 0.3 is 6.03 Å². The van der Waals surface area contributed by atoms with Crippen molar-refractivity contribution in [2.75, 3.05) is 41.4 Å². The quantitative estimate of drug-likeness (QED) is 0.706. The number of nitrogens with zero attached hydrogens (tertiary/aromatic N) is 7. The van der Waals surface area contributed by atoms with Crippen molar-refractivity contribution in [1.82, 2.24) is 34.4 Å². The smallest absolute Gasteiger partial charge is 0.320 e. The summed E-state index contributed by atoms with van der Waals surface area (Å²) in [5.74, 6) is 1.93. The Labute approximate surface area is 186 Å². The van der Waals surface area contributed by atoms with Crippen LogP contribution in [0.1, 0.15) is 47.3 Å². The molecule has 1 fully saturated rings. The van der Waals surface area contributed by atoms with E-state index in [2.05, 4.69) is 19.7 Å². The van der Waals surface area contributed by atoms with Crippen LogP contribution in [0.15, 0.2) is 12.1 Å². The van der Waals surface area contributed by atoms with Crippen LogP contribution in [0.2, 0.25) is 0 Å². The monoisotopic (exact) mass is 443 g/mol. The molecule has 2 aliphatic heterocycles. The predicted molar refractivity (Wildman–Crippen MR) is 114 cm³/mol. The van der Waals surface area contributed by atoms with Crippen LogP contribution in [-0.4, -0.2) is 87.8 Å². The van der Waals surface area contributed by atoms with E-state index < -0.39 is 0 Å². The summed E-state index contributed by atoms with van der Waals surface area (Å²) in [7, 11) is 6.51. The molecule has 0 aromatic carbocycles. The van der Waals surface area contributed by atoms with E-state index in [4.69, 9.17) is 9.47 Å². The largest absolute Gasteiger partial charge is 0.481 e. The molecule has 1 atom stereocenters. The number of aromatic nitrogens is 4. The molecule has 4 rings (SSSR count). The Morgan fingerprint density at radius 1 is 1.06 bits per heavy atom. The molecule has 172 valence electrons. The van der Waals surface area contributed by atoms with Crippen molar-refractivity contribution in [3.63, 3.8) is 0 Å². The van der Waals surface area contributed by atoms with Gasteiger partial charge in [0.05, 0.1) is 26.8 Å². The van der Waals surface area contributed by atoms with Gasteiger partial charge in [-0.2, -0.15) is 4.98 Å². The Morgan fingerprint density at radius 2 is 1.88 bits per heavy atom. The van der Waals surface area contributed by atoms with Crippen molar-refractivity contribution in [3.8, 4) is 11.8 Å². The van der Waals surface area contributed by atoms with Crippen LogP contribution < -0.4 is 9.47 Å². The van der Waals surface area contributed by atoms with E-state index >= 15 is 0 Å². The van der Waals surface area contributed by atoms with Crippen LogP contribution in [-0.2, 0) is 13.1 Å². The molecule has 2 aliphatic rings. The normalized spacial score (nSPS) is 18.2. The number of methoxy groups -OCH3 is 2. The van der Waals surface area contributed by atoms with Gasteiger partial charge in [0, 0.05) is 39.8 Å². The Bertz CT molecular complexity index is 1010. The number of urea groups is 1. The topological polar surface area (TPSA) is 106 Å². The second kappa shape index (κ2) is 9.01. The minimum absolute atomic E-state index is 0.0150. The van der Waals surface area contributed by atoms with E-state index in [-0.39, 0.29) is 23.9 Å². The molecule has 4 heterocycles. The molecule has 32 heavy (non-hydrogen) atoms. The molecule has 0 saturated carbocycles. The maximum Gasteiger partial charge on any atom is 0.320 e. The van der Waals surface area contributed by atoms with Gasteiger partial charge in [0.2, 0.25) is 11.8 Å². The first-order valence-corrected chi connectivity index (χ1v) is 10.7. The zero-order valence-electron chi connectivity index (χ0n) is 18.9. The maximum atomic E-state index is 13.2. The molecule has 11 heteroatoms. The van der Waals surface area contributed by atoms with Gasteiger partial charge < -0.3 is 28.7 Å². The van der Waals surface area contributed by atoms with Crippen molar-refractivity contribution in [2.24, 2.45) is 0 Å². The second-order valence-corrected chi connectivity index (χ2v) is 8.15. The lowest BCUT2D eigenvalue weighted by atomic mass is 10.0. The van der Waals surface area contributed by atoms with E-state index in [0.717, 1.165) is 25.1 Å². The van der Waals surface area contributed by atoms with E-state index in [1.165, 1.54) is 14.2 Å². The third kappa shape index (κ3) is 3.94. The molecule has 2 aromatic heterocycles. The number of fused-ring (bicyclic) bond motifs is 1. The van der Waals surface area contributed by atoms with E-state index in [1.807, 2.05) is 4.90 Å². The van der Waals surface area contributed by atoms with Gasteiger partial charge in [-0.05, 0) is 25.3 Å². The number of hydrogen-bond acceptors (Lipinski definition) is 7. The molecule has 0 N–H and O–H groups in total. The van der Waals surface area contributed by atoms with Crippen LogP contribution in [0.3, 0.4) is 0 Å². The summed E-state index contributed by atoms with van der Waals surface area (Å²) in [6.07, 6.45) is 2.88. The number of rotatable bonds is 4. The van der Waals surface area contributed by atoms with E-state index in [0.29, 0.717) is 43.4 Å². The molecular formula is C21H29N7O4. The number of carbonyl (C=O) groups is 2. The lowest BCUT2D eigenvalue weighted by molar-refractivity contribution is 0.0698. The lowest BCUT2D eigenvalue weighted by Gasteiger charge is -2.37. The highest BCUT2D eigenvalue weighted by Gasteiger charge is 2.35. The van der Waals surface area contributed by atoms with Crippen LogP contribution in [0, 0.1) is 0 Å². The molecule has 0 radical (unpaired) electrons. The van der Waals surface area contributed by atoms with Gasteiger partial charge in [-0.3, -0.25) is 4.79 Å². The molecule has 3 amide bonds. The molecule has 11 nitrogen and oxygen atoms in total. The van der Waals surface area contributed by atoms with Crippen LogP contribution in [0.5, 0.6) is 11.8 Å². The fraction of sp³-hybridized carbons (Fsp3) is 0.571. The fourth-order valence-corrected chi connectivity index (χ4v) is 4.31. The third-order valence-corrected chi connectivity index (χ3v) is 5.97. The van der Waals surface area contributed by atoms with Gasteiger partial charge in [0.1, 0.15) is 5.56 Å². The summed E-state index contributed by atoms with van der Waals surface area (Å²) in [5.41, 5.74) is 0.372. The van der Waals surface area contributed by atoms with Gasteiger partial charge in [-0.25, -0.2) is 4.79 Å². The number of carbonyl (C=O) groups excluding carboxylic acids is 2. The van der Waals surface area contributed by atoms with Gasteiger partial charge in [-0.1, -0.05) is 0 Å². The summed E-state index contributed by atoms with van der Waals surface area (Å²) in [6.45, 7) is 2.10. The highest BCUT2D eigenvalue weighted by molar-refractivity contribution is 5.96. The van der Waals surface area contributed by atoms with E-state index in [1.54, 1.807) is 36.0 Å². The number of likely N-dealkylation sites (tertiary alicyclic amines) is 1. The van der Waals surface area contributed by atoms with Crippen molar-refractivity contribution in [3.05, 3.63) is 29.3 Å². The highest BCUT2D eigenvalue weighted by atomic mass is 16.5. The zero-order chi connectivity index (χ0) is 22.8. The molecule has 0 spiro atoms. The van der Waals surface area contributed by atoms with Crippen LogP contribution in [0.4, 0.5) is 4.79 Å². The summed E-state index contributed by atoms with van der Waals surface area (Å²) >= 11 is 0. The van der Waals surface area contributed by atoms with Crippen molar-refractivity contribution in [2.45, 2.75) is 38.4 Å². The average molecular weight is 444 g/mol. The lowest BCUT2D eigenvalue weighted by Crippen LogP contribution is -2.45. The number of hydrogen-bond donors (Lipinski definition) is 0. The minimum atomic E-state index is -0.185. The molecule has 1 unspecified atom stereocenters. The fourth-order valence-electron chi connectivity index (χ4n) is 4.31. The Kier molecular flexibility index (Phi) is 6.15. The van der Waals surface area contributed by atoms with Crippen molar-refractivity contribution >= 4 is 11.9 Å². The first kappa shape index (κ1) is 21.8. The van der Waals surface area contributed by atoms with Gasteiger partial charge in [0.25, 0.3) is 5.91 Å². The highest BCUT2D eigenvalue weighted by Crippen LogP contribution is 2.32. The van der Waals surface area contributed by atoms with Crippen molar-refractivity contribution in [1.29, 1.82) is 0 Å². The summed E-state index contributed by atoms with van der Waals surface area (Å²) in [4.78, 5) is 35.3. The number of amides is 3. The second-order valence-electron chi connectivity index (χ2n) is 8.15. The van der Waals surface area contributed by atoms with Crippen molar-refractivity contribution < 1.29 is 19.1 Å². The summed E-state index contributed by atoms with van der Waals surface area (Å²) in [5, 5.41) is 8.81. The average Bonchev–Trinajstić information content (AvgIpc) is 3.25. The predicted octanol–water partition coefficient (Wildman–Crippen LogP) is 1.55. The summed E-state index contributed by atoms with van der Waals surface area (Å²) < 4.78 is 12.5.